The number of morpholine rings is 1. The normalized spacial score (nSPS) is 16.2. The molecule has 1 saturated heterocycles. The highest BCUT2D eigenvalue weighted by atomic mass is 19.1. The lowest BCUT2D eigenvalue weighted by Gasteiger charge is -2.26. The SMILES string of the molecule is Cc1c2c(cn(Nc3ccc(C(=O)N4CCOCC4)cn3)c1=O)-c1cccc(-n3ncc4cccc(F)c4c3=O)c1C[C@@H](O)C2. The smallest absolute Gasteiger partial charge is 0.282 e. The fourth-order valence-electron chi connectivity index (χ4n) is 6.12. The number of amides is 1. The number of hydrogen-bond donors (Lipinski definition) is 2. The first-order chi connectivity index (χ1) is 21.8. The number of nitrogens with zero attached hydrogens (tertiary/aromatic N) is 5. The van der Waals surface area contributed by atoms with Crippen molar-refractivity contribution < 1.29 is 19.0 Å². The first-order valence-corrected chi connectivity index (χ1v) is 14.6. The number of aliphatic hydroxyl groups excluding tert-OH is 1. The van der Waals surface area contributed by atoms with Gasteiger partial charge in [-0.3, -0.25) is 19.8 Å². The second kappa shape index (κ2) is 11.4. The third-order valence-corrected chi connectivity index (χ3v) is 8.43. The van der Waals surface area contributed by atoms with Crippen LogP contribution in [-0.4, -0.2) is 67.8 Å². The number of hydrogen-bond acceptors (Lipinski definition) is 8. The van der Waals surface area contributed by atoms with Crippen molar-refractivity contribution in [1.29, 1.82) is 0 Å². The highest BCUT2D eigenvalue weighted by Crippen LogP contribution is 2.36. The van der Waals surface area contributed by atoms with Crippen LogP contribution in [0.1, 0.15) is 27.0 Å². The molecule has 1 fully saturated rings. The molecule has 0 radical (unpaired) electrons. The molecule has 1 aliphatic heterocycles. The molecular formula is C33H29FN6O5. The minimum absolute atomic E-state index is 0.0706. The summed E-state index contributed by atoms with van der Waals surface area (Å²) in [5, 5.41) is 15.7. The Morgan fingerprint density at radius 1 is 0.978 bits per heavy atom. The Morgan fingerprint density at radius 3 is 2.53 bits per heavy atom. The molecule has 7 rings (SSSR count). The van der Waals surface area contributed by atoms with E-state index < -0.39 is 17.5 Å². The van der Waals surface area contributed by atoms with E-state index in [4.69, 9.17) is 4.74 Å². The van der Waals surface area contributed by atoms with Crippen molar-refractivity contribution in [2.24, 2.45) is 0 Å². The predicted molar refractivity (Wildman–Crippen MR) is 165 cm³/mol. The number of rotatable bonds is 4. The summed E-state index contributed by atoms with van der Waals surface area (Å²) >= 11 is 0. The molecule has 0 bridgehead atoms. The van der Waals surface area contributed by atoms with E-state index >= 15 is 0 Å². The van der Waals surface area contributed by atoms with Crippen molar-refractivity contribution in [1.82, 2.24) is 24.3 Å². The van der Waals surface area contributed by atoms with Crippen molar-refractivity contribution in [3.63, 3.8) is 0 Å². The number of fused-ring (bicyclic) bond motifs is 4. The maximum atomic E-state index is 14.7. The summed E-state index contributed by atoms with van der Waals surface area (Å²) in [6.45, 7) is 3.73. The average Bonchev–Trinajstić information content (AvgIpc) is 3.20. The lowest BCUT2D eigenvalue weighted by molar-refractivity contribution is 0.0302. The fourth-order valence-corrected chi connectivity index (χ4v) is 6.12. The number of ether oxygens (including phenoxy) is 1. The second-order valence-corrected chi connectivity index (χ2v) is 11.2. The zero-order valence-electron chi connectivity index (χ0n) is 24.4. The molecule has 4 heterocycles. The van der Waals surface area contributed by atoms with Gasteiger partial charge >= 0.3 is 0 Å². The Bertz CT molecular complexity index is 2090. The van der Waals surface area contributed by atoms with Crippen molar-refractivity contribution in [2.45, 2.75) is 25.9 Å². The highest BCUT2D eigenvalue weighted by molar-refractivity contribution is 5.94. The summed E-state index contributed by atoms with van der Waals surface area (Å²) in [5.74, 6) is -0.422. The number of halogens is 1. The molecule has 1 amide bonds. The van der Waals surface area contributed by atoms with Gasteiger partial charge in [-0.05, 0) is 54.3 Å². The minimum atomic E-state index is -0.848. The van der Waals surface area contributed by atoms with Gasteiger partial charge in [0.1, 0.15) is 11.6 Å². The van der Waals surface area contributed by atoms with Gasteiger partial charge in [0, 0.05) is 48.4 Å². The van der Waals surface area contributed by atoms with E-state index in [0.717, 1.165) is 4.68 Å². The van der Waals surface area contributed by atoms with Gasteiger partial charge in [-0.25, -0.2) is 14.1 Å². The standard InChI is InChI=1S/C33H29FN6O5/c1-19-24-14-22(41)15-25-23(5-3-7-28(25)40-33(44)30-20(17-36-40)4-2-6-27(30)34)26(24)18-39(31(19)42)37-29-9-8-21(16-35-29)32(43)38-10-12-45-13-11-38/h2-9,16-18,22,41H,10-15H2,1H3,(H,35,37)/t22-/m0/s1. The summed E-state index contributed by atoms with van der Waals surface area (Å²) in [5.41, 5.74) is 6.11. The number of carbonyl (C=O) groups excluding carboxylic acids is 1. The van der Waals surface area contributed by atoms with Crippen molar-refractivity contribution >= 4 is 22.5 Å². The topological polar surface area (TPSA) is 132 Å². The molecule has 0 spiro atoms. The van der Waals surface area contributed by atoms with Gasteiger partial charge in [0.2, 0.25) is 0 Å². The van der Waals surface area contributed by atoms with Crippen molar-refractivity contribution in [3.8, 4) is 16.8 Å². The van der Waals surface area contributed by atoms with Gasteiger partial charge in [0.25, 0.3) is 17.0 Å². The van der Waals surface area contributed by atoms with E-state index in [-0.39, 0.29) is 29.7 Å². The maximum Gasteiger partial charge on any atom is 0.282 e. The molecule has 1 aliphatic carbocycles. The van der Waals surface area contributed by atoms with Crippen molar-refractivity contribution in [3.05, 3.63) is 116 Å². The molecule has 2 aromatic carbocycles. The second-order valence-electron chi connectivity index (χ2n) is 11.2. The highest BCUT2D eigenvalue weighted by Gasteiger charge is 2.27. The number of pyridine rings is 2. The van der Waals surface area contributed by atoms with Crippen LogP contribution in [0.15, 0.2) is 76.7 Å². The zero-order chi connectivity index (χ0) is 31.2. The number of anilines is 1. The zero-order valence-corrected chi connectivity index (χ0v) is 24.4. The first kappa shape index (κ1) is 28.6. The first-order valence-electron chi connectivity index (χ1n) is 14.6. The van der Waals surface area contributed by atoms with Crippen LogP contribution < -0.4 is 16.5 Å². The Morgan fingerprint density at radius 2 is 1.76 bits per heavy atom. The Balaban J connectivity index is 1.29. The van der Waals surface area contributed by atoms with E-state index in [1.807, 2.05) is 6.07 Å². The molecule has 12 heteroatoms. The summed E-state index contributed by atoms with van der Waals surface area (Å²) in [6.07, 6.45) is 4.12. The number of benzene rings is 2. The molecule has 2 aliphatic rings. The van der Waals surface area contributed by atoms with Gasteiger partial charge in [0.05, 0.1) is 42.2 Å². The molecule has 45 heavy (non-hydrogen) atoms. The van der Waals surface area contributed by atoms with Crippen LogP contribution in [0.5, 0.6) is 0 Å². The molecular weight excluding hydrogens is 579 g/mol. The van der Waals surface area contributed by atoms with E-state index in [9.17, 15) is 23.9 Å². The molecule has 2 N–H and O–H groups in total. The molecule has 1 atom stereocenters. The Labute approximate surface area is 256 Å². The van der Waals surface area contributed by atoms with E-state index in [1.54, 1.807) is 48.4 Å². The van der Waals surface area contributed by atoms with Crippen LogP contribution in [0.2, 0.25) is 0 Å². The molecule has 5 aromatic rings. The molecule has 228 valence electrons. The number of carbonyl (C=O) groups is 1. The largest absolute Gasteiger partial charge is 0.392 e. The Hall–Kier alpha value is -5.20. The summed E-state index contributed by atoms with van der Waals surface area (Å²) in [6, 6.07) is 13.0. The maximum absolute atomic E-state index is 14.7. The van der Waals surface area contributed by atoms with E-state index in [1.165, 1.54) is 29.2 Å². The van der Waals surface area contributed by atoms with Gasteiger partial charge in [-0.1, -0.05) is 24.3 Å². The van der Waals surface area contributed by atoms with Gasteiger partial charge in [-0.15, -0.1) is 0 Å². The summed E-state index contributed by atoms with van der Waals surface area (Å²) < 4.78 is 22.5. The van der Waals surface area contributed by atoms with Crippen LogP contribution in [0, 0.1) is 12.7 Å². The van der Waals surface area contributed by atoms with E-state index in [2.05, 4.69) is 15.5 Å². The van der Waals surface area contributed by atoms with Crippen LogP contribution in [0.3, 0.4) is 0 Å². The van der Waals surface area contributed by atoms with E-state index in [0.29, 0.717) is 76.6 Å². The summed E-state index contributed by atoms with van der Waals surface area (Å²) in [4.78, 5) is 45.9. The molecule has 0 unspecified atom stereocenters. The Kier molecular flexibility index (Phi) is 7.22. The van der Waals surface area contributed by atoms with Gasteiger partial charge in [-0.2, -0.15) is 9.78 Å². The minimum Gasteiger partial charge on any atom is -0.392 e. The van der Waals surface area contributed by atoms with Gasteiger partial charge < -0.3 is 14.7 Å². The number of aliphatic hydroxyl groups is 1. The van der Waals surface area contributed by atoms with Crippen molar-refractivity contribution in [2.75, 3.05) is 31.7 Å². The molecule has 11 nitrogen and oxygen atoms in total. The third kappa shape index (κ3) is 5.07. The van der Waals surface area contributed by atoms with Crippen LogP contribution in [-0.2, 0) is 17.6 Å². The van der Waals surface area contributed by atoms with Gasteiger partial charge in [0.15, 0.2) is 0 Å². The third-order valence-electron chi connectivity index (χ3n) is 8.43. The van der Waals surface area contributed by atoms with Crippen LogP contribution in [0.25, 0.3) is 27.6 Å². The average molecular weight is 609 g/mol. The monoisotopic (exact) mass is 608 g/mol. The fraction of sp³-hybridized carbons (Fsp3) is 0.242. The number of aromatic nitrogens is 4. The molecule has 0 saturated carbocycles. The predicted octanol–water partition coefficient (Wildman–Crippen LogP) is 2.86. The van der Waals surface area contributed by atoms with Crippen LogP contribution >= 0.6 is 0 Å². The summed E-state index contributed by atoms with van der Waals surface area (Å²) in [7, 11) is 0. The lowest BCUT2D eigenvalue weighted by Crippen LogP contribution is -2.40. The quantitative estimate of drug-likeness (QED) is 0.319. The molecule has 3 aromatic heterocycles. The van der Waals surface area contributed by atoms with Crippen LogP contribution in [0.4, 0.5) is 10.2 Å². The lowest BCUT2D eigenvalue weighted by atomic mass is 9.95. The number of nitrogens with one attached hydrogen (secondary N) is 1.